The Kier molecular flexibility index (Phi) is 3.77. The van der Waals surface area contributed by atoms with Crippen LogP contribution in [-0.4, -0.2) is 24.5 Å². The number of nitrogens with one attached hydrogen (secondary N) is 1. The van der Waals surface area contributed by atoms with Gasteiger partial charge in [0.2, 0.25) is 10.0 Å². The summed E-state index contributed by atoms with van der Waals surface area (Å²) in [5, 5.41) is 0. The van der Waals surface area contributed by atoms with E-state index in [1.54, 1.807) is 6.20 Å². The quantitative estimate of drug-likeness (QED) is 0.886. The fourth-order valence-electron chi connectivity index (χ4n) is 2.25. The number of hydrogen-bond donors (Lipinski definition) is 1. The van der Waals surface area contributed by atoms with Crippen LogP contribution in [0.25, 0.3) is 0 Å². The normalized spacial score (nSPS) is 15.3. The molecule has 5 nitrogen and oxygen atoms in total. The molecule has 1 aliphatic carbocycles. The summed E-state index contributed by atoms with van der Waals surface area (Å²) >= 11 is 0. The Hall–Kier alpha value is -1.73. The van der Waals surface area contributed by atoms with Crippen molar-refractivity contribution in [3.05, 3.63) is 48.3 Å². The first-order chi connectivity index (χ1) is 10.1. The van der Waals surface area contributed by atoms with Crippen LogP contribution in [0, 0.1) is 5.82 Å². The number of halogens is 1. The standard InChI is InChI=1S/C14H16FN3O2S/c15-12-3-1-2-4-13(12)21(19,20)17-8-10-18-9-7-16-14(18)11-5-6-11/h1-4,7,9,11,17H,5-6,8,10H2. The molecule has 1 aromatic carbocycles. The van der Waals surface area contributed by atoms with E-state index in [-0.39, 0.29) is 11.4 Å². The molecule has 0 unspecified atom stereocenters. The van der Waals surface area contributed by atoms with Crippen molar-refractivity contribution in [1.29, 1.82) is 0 Å². The minimum absolute atomic E-state index is 0.201. The third kappa shape index (κ3) is 3.14. The van der Waals surface area contributed by atoms with Crippen LogP contribution in [-0.2, 0) is 16.6 Å². The Morgan fingerprint density at radius 1 is 1.33 bits per heavy atom. The van der Waals surface area contributed by atoms with Crippen molar-refractivity contribution in [3.63, 3.8) is 0 Å². The number of imidazole rings is 1. The third-order valence-electron chi connectivity index (χ3n) is 3.46. The van der Waals surface area contributed by atoms with Gasteiger partial charge in [0, 0.05) is 31.4 Å². The summed E-state index contributed by atoms with van der Waals surface area (Å²) in [5.74, 6) is 0.759. The summed E-state index contributed by atoms with van der Waals surface area (Å²) in [7, 11) is -3.82. The summed E-state index contributed by atoms with van der Waals surface area (Å²) < 4.78 is 42.0. The summed E-state index contributed by atoms with van der Waals surface area (Å²) in [4.78, 5) is 3.97. The van der Waals surface area contributed by atoms with Gasteiger partial charge in [-0.15, -0.1) is 0 Å². The van der Waals surface area contributed by atoms with Gasteiger partial charge in [0.25, 0.3) is 0 Å². The number of benzene rings is 1. The van der Waals surface area contributed by atoms with E-state index in [9.17, 15) is 12.8 Å². The molecule has 112 valence electrons. The molecular weight excluding hydrogens is 293 g/mol. The molecule has 7 heteroatoms. The Labute approximate surface area is 122 Å². The highest BCUT2D eigenvalue weighted by molar-refractivity contribution is 7.89. The van der Waals surface area contributed by atoms with E-state index in [2.05, 4.69) is 9.71 Å². The van der Waals surface area contributed by atoms with Crippen LogP contribution in [0.5, 0.6) is 0 Å². The molecule has 1 N–H and O–H groups in total. The van der Waals surface area contributed by atoms with Gasteiger partial charge in [-0.25, -0.2) is 22.5 Å². The summed E-state index contributed by atoms with van der Waals surface area (Å²) in [6.07, 6.45) is 5.83. The maximum Gasteiger partial charge on any atom is 0.243 e. The van der Waals surface area contributed by atoms with Crippen LogP contribution in [0.3, 0.4) is 0 Å². The predicted molar refractivity (Wildman–Crippen MR) is 75.8 cm³/mol. The van der Waals surface area contributed by atoms with Gasteiger partial charge in [0.1, 0.15) is 16.5 Å². The van der Waals surface area contributed by atoms with E-state index < -0.39 is 15.8 Å². The SMILES string of the molecule is O=S(=O)(NCCn1ccnc1C1CC1)c1ccccc1F. The molecule has 0 atom stereocenters. The second-order valence-electron chi connectivity index (χ2n) is 5.08. The first-order valence-corrected chi connectivity index (χ1v) is 8.31. The minimum Gasteiger partial charge on any atom is -0.333 e. The molecule has 1 fully saturated rings. The average Bonchev–Trinajstić information content (AvgIpc) is 3.19. The van der Waals surface area contributed by atoms with Crippen molar-refractivity contribution in [2.45, 2.75) is 30.2 Å². The van der Waals surface area contributed by atoms with Crippen molar-refractivity contribution in [1.82, 2.24) is 14.3 Å². The third-order valence-corrected chi connectivity index (χ3v) is 4.96. The zero-order chi connectivity index (χ0) is 14.9. The van der Waals surface area contributed by atoms with E-state index >= 15 is 0 Å². The van der Waals surface area contributed by atoms with E-state index in [1.807, 2.05) is 10.8 Å². The fraction of sp³-hybridized carbons (Fsp3) is 0.357. The van der Waals surface area contributed by atoms with Gasteiger partial charge >= 0.3 is 0 Å². The highest BCUT2D eigenvalue weighted by Crippen LogP contribution is 2.38. The molecule has 0 aliphatic heterocycles. The maximum atomic E-state index is 13.5. The average molecular weight is 309 g/mol. The molecule has 1 aromatic heterocycles. The Morgan fingerprint density at radius 3 is 2.81 bits per heavy atom. The van der Waals surface area contributed by atoms with E-state index in [0.29, 0.717) is 12.5 Å². The lowest BCUT2D eigenvalue weighted by Crippen LogP contribution is -2.28. The first kappa shape index (κ1) is 14.2. The topological polar surface area (TPSA) is 64.0 Å². The van der Waals surface area contributed by atoms with Gasteiger partial charge in [-0.2, -0.15) is 0 Å². The molecular formula is C14H16FN3O2S. The van der Waals surface area contributed by atoms with Gasteiger partial charge in [0.05, 0.1) is 0 Å². The Morgan fingerprint density at radius 2 is 2.10 bits per heavy atom. The molecule has 1 saturated carbocycles. The summed E-state index contributed by atoms with van der Waals surface area (Å²) in [6.45, 7) is 0.687. The largest absolute Gasteiger partial charge is 0.333 e. The van der Waals surface area contributed by atoms with Crippen molar-refractivity contribution in [2.24, 2.45) is 0 Å². The molecule has 0 saturated heterocycles. The number of nitrogens with zero attached hydrogens (tertiary/aromatic N) is 2. The van der Waals surface area contributed by atoms with Crippen LogP contribution in [0.15, 0.2) is 41.6 Å². The Balaban J connectivity index is 1.64. The molecule has 0 spiro atoms. The van der Waals surface area contributed by atoms with Crippen LogP contribution in [0.1, 0.15) is 24.6 Å². The lowest BCUT2D eigenvalue weighted by atomic mass is 10.4. The monoisotopic (exact) mass is 309 g/mol. The number of aromatic nitrogens is 2. The lowest BCUT2D eigenvalue weighted by molar-refractivity contribution is 0.550. The van der Waals surface area contributed by atoms with Crippen LogP contribution >= 0.6 is 0 Å². The molecule has 1 aliphatic rings. The van der Waals surface area contributed by atoms with Crippen LogP contribution in [0.2, 0.25) is 0 Å². The minimum atomic E-state index is -3.82. The number of rotatable bonds is 6. The van der Waals surface area contributed by atoms with Gasteiger partial charge in [-0.3, -0.25) is 0 Å². The second-order valence-corrected chi connectivity index (χ2v) is 6.82. The van der Waals surface area contributed by atoms with Gasteiger partial charge in [-0.1, -0.05) is 12.1 Å². The van der Waals surface area contributed by atoms with Crippen molar-refractivity contribution in [2.75, 3.05) is 6.54 Å². The second kappa shape index (κ2) is 5.57. The van der Waals surface area contributed by atoms with Gasteiger partial charge < -0.3 is 4.57 Å². The van der Waals surface area contributed by atoms with E-state index in [4.69, 9.17) is 0 Å². The molecule has 1 heterocycles. The fourth-order valence-corrected chi connectivity index (χ4v) is 3.35. The van der Waals surface area contributed by atoms with E-state index in [0.717, 1.165) is 24.7 Å². The number of sulfonamides is 1. The van der Waals surface area contributed by atoms with E-state index in [1.165, 1.54) is 18.2 Å². The predicted octanol–water partition coefficient (Wildman–Crippen LogP) is 1.88. The summed E-state index contributed by atoms with van der Waals surface area (Å²) in [5.41, 5.74) is 0. The highest BCUT2D eigenvalue weighted by atomic mass is 32.2. The lowest BCUT2D eigenvalue weighted by Gasteiger charge is -2.09. The molecule has 0 amide bonds. The first-order valence-electron chi connectivity index (χ1n) is 6.83. The Bertz CT molecular complexity index is 738. The van der Waals surface area contributed by atoms with Gasteiger partial charge in [-0.05, 0) is 25.0 Å². The maximum absolute atomic E-state index is 13.5. The van der Waals surface area contributed by atoms with Crippen molar-refractivity contribution >= 4 is 10.0 Å². The van der Waals surface area contributed by atoms with Crippen molar-refractivity contribution < 1.29 is 12.8 Å². The zero-order valence-electron chi connectivity index (χ0n) is 11.4. The number of hydrogen-bond acceptors (Lipinski definition) is 3. The highest BCUT2D eigenvalue weighted by Gasteiger charge is 2.27. The smallest absolute Gasteiger partial charge is 0.243 e. The van der Waals surface area contributed by atoms with Crippen LogP contribution < -0.4 is 4.72 Å². The molecule has 21 heavy (non-hydrogen) atoms. The van der Waals surface area contributed by atoms with Gasteiger partial charge in [0.15, 0.2) is 0 Å². The van der Waals surface area contributed by atoms with Crippen LogP contribution in [0.4, 0.5) is 4.39 Å². The molecule has 0 radical (unpaired) electrons. The molecule has 3 rings (SSSR count). The zero-order valence-corrected chi connectivity index (χ0v) is 12.2. The molecule has 0 bridgehead atoms. The van der Waals surface area contributed by atoms with Crippen molar-refractivity contribution in [3.8, 4) is 0 Å². The summed E-state index contributed by atoms with van der Waals surface area (Å²) in [6, 6.07) is 5.35. The molecule has 2 aromatic rings.